The summed E-state index contributed by atoms with van der Waals surface area (Å²) in [5, 5.41) is 3.14. The Hall–Kier alpha value is -2.01. The van der Waals surface area contributed by atoms with Gasteiger partial charge >= 0.3 is 0 Å². The van der Waals surface area contributed by atoms with Gasteiger partial charge in [0.15, 0.2) is 0 Å². The van der Waals surface area contributed by atoms with E-state index in [2.05, 4.69) is 15.3 Å². The van der Waals surface area contributed by atoms with Crippen molar-refractivity contribution in [3.8, 4) is 5.75 Å². The van der Waals surface area contributed by atoms with Crippen molar-refractivity contribution in [3.05, 3.63) is 53.9 Å². The Bertz CT molecular complexity index is 562. The van der Waals surface area contributed by atoms with Gasteiger partial charge < -0.3 is 10.1 Å². The molecule has 1 atom stereocenters. The minimum atomic E-state index is -0.353. The Labute approximate surface area is 118 Å². The van der Waals surface area contributed by atoms with E-state index in [0.29, 0.717) is 12.4 Å². The molecule has 4 nitrogen and oxygen atoms in total. The molecule has 106 valence electrons. The van der Waals surface area contributed by atoms with Crippen LogP contribution in [0.1, 0.15) is 30.5 Å². The fourth-order valence-electron chi connectivity index (χ4n) is 2.00. The Morgan fingerprint density at radius 1 is 1.15 bits per heavy atom. The summed E-state index contributed by atoms with van der Waals surface area (Å²) in [6, 6.07) is 3.21. The van der Waals surface area contributed by atoms with Crippen molar-refractivity contribution >= 4 is 0 Å². The average Bonchev–Trinajstić information content (AvgIpc) is 2.46. The second-order valence-corrected chi connectivity index (χ2v) is 4.46. The molecule has 5 heteroatoms. The normalized spacial score (nSPS) is 12.2. The fourth-order valence-corrected chi connectivity index (χ4v) is 2.00. The van der Waals surface area contributed by atoms with Crippen LogP contribution < -0.4 is 10.1 Å². The molecular weight excluding hydrogens is 257 g/mol. The zero-order chi connectivity index (χ0) is 14.4. The molecule has 0 aliphatic carbocycles. The fraction of sp³-hybridized carbons (Fsp3) is 0.333. The van der Waals surface area contributed by atoms with Crippen molar-refractivity contribution < 1.29 is 9.13 Å². The first kappa shape index (κ1) is 14.4. The maximum Gasteiger partial charge on any atom is 0.141 e. The molecule has 2 aromatic heterocycles. The summed E-state index contributed by atoms with van der Waals surface area (Å²) < 4.78 is 18.9. The molecule has 0 fully saturated rings. The maximum absolute atomic E-state index is 13.3. The lowest BCUT2D eigenvalue weighted by atomic mass is 10.0. The maximum atomic E-state index is 13.3. The van der Waals surface area contributed by atoms with Crippen molar-refractivity contribution in [2.24, 2.45) is 0 Å². The molecule has 0 amide bonds. The van der Waals surface area contributed by atoms with Gasteiger partial charge in [-0.05, 0) is 36.7 Å². The molecule has 1 N–H and O–H groups in total. The summed E-state index contributed by atoms with van der Waals surface area (Å²) in [6.07, 6.45) is 7.19. The van der Waals surface area contributed by atoms with E-state index in [1.165, 1.54) is 12.3 Å². The number of hydrogen-bond acceptors (Lipinski definition) is 4. The van der Waals surface area contributed by atoms with Crippen LogP contribution in [0.2, 0.25) is 0 Å². The quantitative estimate of drug-likeness (QED) is 0.880. The van der Waals surface area contributed by atoms with Crippen molar-refractivity contribution in [2.75, 3.05) is 13.7 Å². The van der Waals surface area contributed by atoms with Crippen LogP contribution in [0, 0.1) is 5.82 Å². The molecule has 0 aliphatic heterocycles. The Morgan fingerprint density at radius 2 is 1.85 bits per heavy atom. The standard InChI is InChI=1S/C15H18FN3O/c1-3-4-20-14-6-12(8-19-10-14)15(17-2)11-5-13(16)9-18-7-11/h5-10,15,17H,3-4H2,1-2H3. The number of hydrogen-bond donors (Lipinski definition) is 1. The molecule has 0 saturated heterocycles. The number of aromatic nitrogens is 2. The van der Waals surface area contributed by atoms with E-state index < -0.39 is 0 Å². The largest absolute Gasteiger partial charge is 0.492 e. The summed E-state index contributed by atoms with van der Waals surface area (Å²) in [5.41, 5.74) is 1.66. The van der Waals surface area contributed by atoms with Gasteiger partial charge in [-0.2, -0.15) is 0 Å². The van der Waals surface area contributed by atoms with Crippen LogP contribution in [0.4, 0.5) is 4.39 Å². The monoisotopic (exact) mass is 275 g/mol. The van der Waals surface area contributed by atoms with Gasteiger partial charge in [-0.3, -0.25) is 9.97 Å². The topological polar surface area (TPSA) is 47.0 Å². The molecule has 0 radical (unpaired) electrons. The number of rotatable bonds is 6. The highest BCUT2D eigenvalue weighted by Gasteiger charge is 2.14. The highest BCUT2D eigenvalue weighted by molar-refractivity contribution is 5.33. The number of nitrogens with zero attached hydrogens (tertiary/aromatic N) is 2. The van der Waals surface area contributed by atoms with Gasteiger partial charge in [-0.15, -0.1) is 0 Å². The molecular formula is C15H18FN3O. The second kappa shape index (κ2) is 6.96. The molecule has 1 unspecified atom stereocenters. The number of ether oxygens (including phenoxy) is 1. The third kappa shape index (κ3) is 3.51. The molecule has 0 saturated carbocycles. The Balaban J connectivity index is 2.27. The number of nitrogens with one attached hydrogen (secondary N) is 1. The smallest absolute Gasteiger partial charge is 0.141 e. The number of halogens is 1. The van der Waals surface area contributed by atoms with Crippen LogP contribution in [-0.2, 0) is 0 Å². The van der Waals surface area contributed by atoms with Gasteiger partial charge in [0.2, 0.25) is 0 Å². The molecule has 0 aliphatic rings. The van der Waals surface area contributed by atoms with Crippen molar-refractivity contribution in [1.82, 2.24) is 15.3 Å². The Kier molecular flexibility index (Phi) is 5.01. The first-order chi connectivity index (χ1) is 9.74. The lowest BCUT2D eigenvalue weighted by molar-refractivity contribution is 0.315. The van der Waals surface area contributed by atoms with E-state index in [0.717, 1.165) is 17.5 Å². The lowest BCUT2D eigenvalue weighted by Crippen LogP contribution is -2.18. The van der Waals surface area contributed by atoms with E-state index in [-0.39, 0.29) is 11.9 Å². The van der Waals surface area contributed by atoms with Gasteiger partial charge in [0.25, 0.3) is 0 Å². The van der Waals surface area contributed by atoms with E-state index in [1.807, 2.05) is 20.0 Å². The van der Waals surface area contributed by atoms with Crippen LogP contribution >= 0.6 is 0 Å². The van der Waals surface area contributed by atoms with Crippen molar-refractivity contribution in [2.45, 2.75) is 19.4 Å². The summed E-state index contributed by atoms with van der Waals surface area (Å²) in [4.78, 5) is 8.06. The summed E-state index contributed by atoms with van der Waals surface area (Å²) in [7, 11) is 1.81. The van der Waals surface area contributed by atoms with E-state index in [9.17, 15) is 4.39 Å². The first-order valence-corrected chi connectivity index (χ1v) is 6.60. The summed E-state index contributed by atoms with van der Waals surface area (Å²) in [5.74, 6) is 0.364. The third-order valence-corrected chi connectivity index (χ3v) is 2.89. The summed E-state index contributed by atoms with van der Waals surface area (Å²) >= 11 is 0. The van der Waals surface area contributed by atoms with E-state index >= 15 is 0 Å². The third-order valence-electron chi connectivity index (χ3n) is 2.89. The number of pyridine rings is 2. The van der Waals surface area contributed by atoms with Crippen LogP contribution in [-0.4, -0.2) is 23.6 Å². The zero-order valence-corrected chi connectivity index (χ0v) is 11.6. The van der Waals surface area contributed by atoms with Crippen LogP contribution in [0.5, 0.6) is 5.75 Å². The minimum Gasteiger partial charge on any atom is -0.492 e. The molecule has 0 bridgehead atoms. The van der Waals surface area contributed by atoms with Crippen molar-refractivity contribution in [1.29, 1.82) is 0 Å². The average molecular weight is 275 g/mol. The van der Waals surface area contributed by atoms with Crippen LogP contribution in [0.25, 0.3) is 0 Å². The van der Waals surface area contributed by atoms with Gasteiger partial charge in [-0.25, -0.2) is 4.39 Å². The zero-order valence-electron chi connectivity index (χ0n) is 11.6. The lowest BCUT2D eigenvalue weighted by Gasteiger charge is -2.17. The van der Waals surface area contributed by atoms with Crippen molar-refractivity contribution in [3.63, 3.8) is 0 Å². The van der Waals surface area contributed by atoms with Gasteiger partial charge in [-0.1, -0.05) is 6.92 Å². The predicted molar refractivity (Wildman–Crippen MR) is 75.1 cm³/mol. The molecule has 2 aromatic rings. The molecule has 20 heavy (non-hydrogen) atoms. The van der Waals surface area contributed by atoms with Crippen LogP contribution in [0.3, 0.4) is 0 Å². The van der Waals surface area contributed by atoms with Crippen LogP contribution in [0.15, 0.2) is 36.9 Å². The molecule has 2 heterocycles. The molecule has 2 rings (SSSR count). The molecule has 0 spiro atoms. The van der Waals surface area contributed by atoms with E-state index in [1.54, 1.807) is 18.6 Å². The minimum absolute atomic E-state index is 0.170. The SMILES string of the molecule is CCCOc1cncc(C(NC)c2cncc(F)c2)c1. The van der Waals surface area contributed by atoms with Gasteiger partial charge in [0.05, 0.1) is 25.0 Å². The van der Waals surface area contributed by atoms with Gasteiger partial charge in [0.1, 0.15) is 11.6 Å². The highest BCUT2D eigenvalue weighted by Crippen LogP contribution is 2.24. The first-order valence-electron chi connectivity index (χ1n) is 6.60. The second-order valence-electron chi connectivity index (χ2n) is 4.46. The Morgan fingerprint density at radius 3 is 2.50 bits per heavy atom. The highest BCUT2D eigenvalue weighted by atomic mass is 19.1. The molecule has 0 aromatic carbocycles. The predicted octanol–water partition coefficient (Wildman–Crippen LogP) is 2.71. The summed E-state index contributed by atoms with van der Waals surface area (Å²) in [6.45, 7) is 2.70. The van der Waals surface area contributed by atoms with Gasteiger partial charge in [0, 0.05) is 12.4 Å². The van der Waals surface area contributed by atoms with E-state index in [4.69, 9.17) is 4.74 Å².